The molecule has 1 heterocycles. The minimum Gasteiger partial charge on any atom is -0.338 e. The maximum absolute atomic E-state index is 12.1. The molecule has 5 nitrogen and oxygen atoms in total. The molecular formula is C17H19N3O2S. The molecule has 120 valence electrons. The Bertz CT molecular complexity index is 932. The first-order valence-electron chi connectivity index (χ1n) is 7.29. The third-order valence-corrected chi connectivity index (χ3v) is 5.83. The Kier molecular flexibility index (Phi) is 3.74. The molecule has 2 aromatic carbocycles. The number of fused-ring (bicyclic) bond motifs is 1. The number of rotatable bonds is 3. The van der Waals surface area contributed by atoms with Crippen molar-refractivity contribution >= 4 is 21.1 Å². The second kappa shape index (κ2) is 5.47. The van der Waals surface area contributed by atoms with Gasteiger partial charge < -0.3 is 4.98 Å². The first-order chi connectivity index (χ1) is 10.8. The van der Waals surface area contributed by atoms with E-state index in [-0.39, 0.29) is 4.90 Å². The Hall–Kier alpha value is -2.18. The van der Waals surface area contributed by atoms with Crippen molar-refractivity contribution in [1.82, 2.24) is 14.3 Å². The van der Waals surface area contributed by atoms with Crippen molar-refractivity contribution < 1.29 is 8.42 Å². The number of imidazole rings is 1. The van der Waals surface area contributed by atoms with E-state index in [1.54, 1.807) is 24.3 Å². The maximum atomic E-state index is 12.1. The van der Waals surface area contributed by atoms with E-state index in [0.29, 0.717) is 0 Å². The third kappa shape index (κ3) is 2.75. The number of benzene rings is 2. The van der Waals surface area contributed by atoms with E-state index < -0.39 is 10.0 Å². The van der Waals surface area contributed by atoms with E-state index in [1.807, 2.05) is 0 Å². The van der Waals surface area contributed by atoms with Gasteiger partial charge >= 0.3 is 0 Å². The zero-order valence-corrected chi connectivity index (χ0v) is 14.4. The normalized spacial score (nSPS) is 12.2. The number of nitrogens with zero attached hydrogens (tertiary/aromatic N) is 2. The van der Waals surface area contributed by atoms with Gasteiger partial charge in [-0.2, -0.15) is 0 Å². The summed E-state index contributed by atoms with van der Waals surface area (Å²) in [6.07, 6.45) is 0. The Labute approximate surface area is 136 Å². The molecule has 0 aliphatic heterocycles. The summed E-state index contributed by atoms with van der Waals surface area (Å²) in [5, 5.41) is 0. The molecule has 23 heavy (non-hydrogen) atoms. The van der Waals surface area contributed by atoms with Gasteiger partial charge in [0.1, 0.15) is 5.82 Å². The maximum Gasteiger partial charge on any atom is 0.242 e. The van der Waals surface area contributed by atoms with Crippen molar-refractivity contribution in [3.63, 3.8) is 0 Å². The largest absolute Gasteiger partial charge is 0.338 e. The molecule has 0 saturated carbocycles. The topological polar surface area (TPSA) is 66.1 Å². The lowest BCUT2D eigenvalue weighted by Crippen LogP contribution is -2.22. The predicted octanol–water partition coefficient (Wildman–Crippen LogP) is 3.10. The molecule has 0 saturated heterocycles. The lowest BCUT2D eigenvalue weighted by Gasteiger charge is -2.11. The summed E-state index contributed by atoms with van der Waals surface area (Å²) >= 11 is 0. The average molecular weight is 329 g/mol. The van der Waals surface area contributed by atoms with Crippen LogP contribution in [0.2, 0.25) is 0 Å². The van der Waals surface area contributed by atoms with Crippen molar-refractivity contribution in [2.45, 2.75) is 18.7 Å². The van der Waals surface area contributed by atoms with Crippen LogP contribution in [-0.4, -0.2) is 36.8 Å². The Balaban J connectivity index is 2.03. The number of hydrogen-bond donors (Lipinski definition) is 1. The minimum absolute atomic E-state index is 0.272. The van der Waals surface area contributed by atoms with E-state index in [2.05, 4.69) is 35.9 Å². The van der Waals surface area contributed by atoms with Gasteiger partial charge in [0.15, 0.2) is 0 Å². The Morgan fingerprint density at radius 2 is 1.61 bits per heavy atom. The molecule has 0 atom stereocenters. The third-order valence-electron chi connectivity index (χ3n) is 4.00. The predicted molar refractivity (Wildman–Crippen MR) is 91.9 cm³/mol. The number of H-pyrrole nitrogens is 1. The molecule has 0 spiro atoms. The van der Waals surface area contributed by atoms with Gasteiger partial charge in [-0.05, 0) is 61.4 Å². The van der Waals surface area contributed by atoms with Gasteiger partial charge in [-0.15, -0.1) is 0 Å². The van der Waals surface area contributed by atoms with Crippen molar-refractivity contribution in [2.75, 3.05) is 14.1 Å². The van der Waals surface area contributed by atoms with Crippen molar-refractivity contribution in [2.24, 2.45) is 0 Å². The molecule has 6 heteroatoms. The van der Waals surface area contributed by atoms with Crippen LogP contribution in [0.15, 0.2) is 41.3 Å². The number of aryl methyl sites for hydroxylation is 2. The highest BCUT2D eigenvalue weighted by Crippen LogP contribution is 2.24. The van der Waals surface area contributed by atoms with Crippen molar-refractivity contribution in [1.29, 1.82) is 0 Å². The van der Waals surface area contributed by atoms with E-state index >= 15 is 0 Å². The van der Waals surface area contributed by atoms with Gasteiger partial charge in [-0.3, -0.25) is 0 Å². The number of nitrogens with one attached hydrogen (secondary N) is 1. The smallest absolute Gasteiger partial charge is 0.242 e. The highest BCUT2D eigenvalue weighted by Gasteiger charge is 2.17. The van der Waals surface area contributed by atoms with Crippen LogP contribution in [0.5, 0.6) is 0 Å². The SMILES string of the molecule is Cc1cc2nc(-c3ccc(S(=O)(=O)N(C)C)cc3)[nH]c2cc1C. The van der Waals surface area contributed by atoms with Gasteiger partial charge in [0, 0.05) is 19.7 Å². The van der Waals surface area contributed by atoms with E-state index in [0.717, 1.165) is 22.4 Å². The summed E-state index contributed by atoms with van der Waals surface area (Å²) < 4.78 is 25.4. The van der Waals surface area contributed by atoms with Crippen LogP contribution in [-0.2, 0) is 10.0 Å². The molecule has 1 N–H and O–H groups in total. The van der Waals surface area contributed by atoms with Crippen LogP contribution in [0.25, 0.3) is 22.4 Å². The highest BCUT2D eigenvalue weighted by molar-refractivity contribution is 7.89. The summed E-state index contributed by atoms with van der Waals surface area (Å²) in [7, 11) is -0.367. The summed E-state index contributed by atoms with van der Waals surface area (Å²) in [5.74, 6) is 0.735. The monoisotopic (exact) mass is 329 g/mol. The van der Waals surface area contributed by atoms with Crippen LogP contribution < -0.4 is 0 Å². The van der Waals surface area contributed by atoms with Crippen LogP contribution >= 0.6 is 0 Å². The fourth-order valence-electron chi connectivity index (χ4n) is 2.40. The Morgan fingerprint density at radius 1 is 1.00 bits per heavy atom. The number of aromatic nitrogens is 2. The van der Waals surface area contributed by atoms with Crippen LogP contribution in [0.1, 0.15) is 11.1 Å². The van der Waals surface area contributed by atoms with E-state index in [1.165, 1.54) is 29.5 Å². The zero-order valence-electron chi connectivity index (χ0n) is 13.6. The van der Waals surface area contributed by atoms with Crippen LogP contribution in [0.3, 0.4) is 0 Å². The molecule has 0 aliphatic rings. The van der Waals surface area contributed by atoms with Gasteiger partial charge in [0.2, 0.25) is 10.0 Å². The highest BCUT2D eigenvalue weighted by atomic mass is 32.2. The Morgan fingerprint density at radius 3 is 2.22 bits per heavy atom. The quantitative estimate of drug-likeness (QED) is 0.803. The molecule has 0 aliphatic carbocycles. The fraction of sp³-hybridized carbons (Fsp3) is 0.235. The van der Waals surface area contributed by atoms with Crippen molar-refractivity contribution in [3.05, 3.63) is 47.5 Å². The first-order valence-corrected chi connectivity index (χ1v) is 8.73. The van der Waals surface area contributed by atoms with Gasteiger partial charge in [0.25, 0.3) is 0 Å². The molecule has 1 aromatic heterocycles. The minimum atomic E-state index is -3.41. The average Bonchev–Trinajstić information content (AvgIpc) is 2.90. The molecule has 3 aromatic rings. The second-order valence-electron chi connectivity index (χ2n) is 5.85. The molecule has 0 amide bonds. The zero-order chi connectivity index (χ0) is 16.8. The molecular weight excluding hydrogens is 310 g/mol. The van der Waals surface area contributed by atoms with E-state index in [4.69, 9.17) is 0 Å². The molecule has 0 bridgehead atoms. The first kappa shape index (κ1) is 15.7. The lowest BCUT2D eigenvalue weighted by atomic mass is 10.1. The summed E-state index contributed by atoms with van der Waals surface area (Å²) in [5.41, 5.74) is 5.15. The van der Waals surface area contributed by atoms with Crippen LogP contribution in [0.4, 0.5) is 0 Å². The molecule has 0 radical (unpaired) electrons. The molecule has 3 rings (SSSR count). The van der Waals surface area contributed by atoms with Gasteiger partial charge in [0.05, 0.1) is 15.9 Å². The number of aromatic amines is 1. The second-order valence-corrected chi connectivity index (χ2v) is 8.00. The van der Waals surface area contributed by atoms with E-state index in [9.17, 15) is 8.42 Å². The number of sulfonamides is 1. The number of hydrogen-bond acceptors (Lipinski definition) is 3. The molecule has 0 unspecified atom stereocenters. The van der Waals surface area contributed by atoms with Gasteiger partial charge in [-0.1, -0.05) is 0 Å². The van der Waals surface area contributed by atoms with Crippen LogP contribution in [0, 0.1) is 13.8 Å². The summed E-state index contributed by atoms with van der Waals surface area (Å²) in [6.45, 7) is 4.13. The summed E-state index contributed by atoms with van der Waals surface area (Å²) in [4.78, 5) is 8.16. The van der Waals surface area contributed by atoms with Gasteiger partial charge in [-0.25, -0.2) is 17.7 Å². The summed E-state index contributed by atoms with van der Waals surface area (Å²) in [6, 6.07) is 10.9. The standard InChI is InChI=1S/C17H19N3O2S/c1-11-9-15-16(10-12(11)2)19-17(18-15)13-5-7-14(8-6-13)23(21,22)20(3)4/h5-10H,1-4H3,(H,18,19). The molecule has 0 fully saturated rings. The van der Waals surface area contributed by atoms with Crippen molar-refractivity contribution in [3.8, 4) is 11.4 Å². The lowest BCUT2D eigenvalue weighted by molar-refractivity contribution is 0.521. The fourth-order valence-corrected chi connectivity index (χ4v) is 3.30.